The Morgan fingerprint density at radius 3 is 2.50 bits per heavy atom. The molecule has 1 unspecified atom stereocenters. The molecular weight excluding hydrogens is 280 g/mol. The summed E-state index contributed by atoms with van der Waals surface area (Å²) in [6.07, 6.45) is 2.39. The van der Waals surface area contributed by atoms with Gasteiger partial charge in [0.25, 0.3) is 10.2 Å². The van der Waals surface area contributed by atoms with Crippen molar-refractivity contribution in [2.75, 3.05) is 20.1 Å². The average molecular weight is 306 g/mol. The van der Waals surface area contributed by atoms with Crippen LogP contribution in [0.25, 0.3) is 0 Å². The van der Waals surface area contributed by atoms with Crippen molar-refractivity contribution in [2.24, 2.45) is 5.41 Å². The molecule has 0 radical (unpaired) electrons. The molecule has 0 aliphatic carbocycles. The van der Waals surface area contributed by atoms with Gasteiger partial charge in [-0.05, 0) is 33.1 Å². The largest absolute Gasteiger partial charge is 0.481 e. The molecule has 0 saturated carbocycles. The van der Waals surface area contributed by atoms with Crippen molar-refractivity contribution in [1.29, 1.82) is 0 Å². The maximum absolute atomic E-state index is 12.5. The molecule has 1 atom stereocenters. The lowest BCUT2D eigenvalue weighted by molar-refractivity contribution is -0.152. The molecule has 1 aliphatic rings. The Balaban J connectivity index is 3.01. The molecule has 0 aromatic rings. The lowest BCUT2D eigenvalue weighted by atomic mass is 9.77. The number of nitrogens with zero attached hydrogens (tertiary/aromatic N) is 2. The lowest BCUT2D eigenvalue weighted by Crippen LogP contribution is -2.54. The first-order valence-electron chi connectivity index (χ1n) is 7.14. The minimum absolute atomic E-state index is 0.0789. The zero-order valence-corrected chi connectivity index (χ0v) is 13.6. The average Bonchev–Trinajstić information content (AvgIpc) is 2.38. The Morgan fingerprint density at radius 1 is 1.45 bits per heavy atom. The number of piperidine rings is 1. The Labute approximate surface area is 121 Å². The van der Waals surface area contributed by atoms with Crippen molar-refractivity contribution in [2.45, 2.75) is 52.5 Å². The molecule has 7 heteroatoms. The lowest BCUT2D eigenvalue weighted by Gasteiger charge is -2.40. The van der Waals surface area contributed by atoms with Crippen LogP contribution in [0.15, 0.2) is 0 Å². The summed E-state index contributed by atoms with van der Waals surface area (Å²) >= 11 is 0. The first-order valence-corrected chi connectivity index (χ1v) is 8.53. The third-order valence-corrected chi connectivity index (χ3v) is 6.26. The van der Waals surface area contributed by atoms with Crippen molar-refractivity contribution < 1.29 is 18.3 Å². The van der Waals surface area contributed by atoms with E-state index in [1.165, 1.54) is 15.7 Å². The highest BCUT2D eigenvalue weighted by atomic mass is 32.2. The fourth-order valence-electron chi connectivity index (χ4n) is 2.70. The monoisotopic (exact) mass is 306 g/mol. The van der Waals surface area contributed by atoms with Gasteiger partial charge in [-0.15, -0.1) is 0 Å². The smallest absolute Gasteiger partial charge is 0.310 e. The highest BCUT2D eigenvalue weighted by molar-refractivity contribution is 7.86. The highest BCUT2D eigenvalue weighted by Gasteiger charge is 2.45. The van der Waals surface area contributed by atoms with E-state index in [1.54, 1.807) is 13.8 Å². The fourth-order valence-corrected chi connectivity index (χ4v) is 4.37. The quantitative estimate of drug-likeness (QED) is 0.807. The van der Waals surface area contributed by atoms with Crippen molar-refractivity contribution in [3.05, 3.63) is 0 Å². The Bertz CT molecular complexity index is 445. The van der Waals surface area contributed by atoms with E-state index in [4.69, 9.17) is 0 Å². The second-order valence-electron chi connectivity index (χ2n) is 5.89. The molecule has 0 aromatic heterocycles. The maximum Gasteiger partial charge on any atom is 0.310 e. The molecule has 0 spiro atoms. The molecule has 1 saturated heterocycles. The maximum atomic E-state index is 12.5. The number of carboxylic acids is 1. The molecule has 118 valence electrons. The SMILES string of the molecule is CCCC1(C(=O)O)CCCN(S(=O)(=O)N(C)C(C)C)C1. The van der Waals surface area contributed by atoms with Crippen molar-refractivity contribution >= 4 is 16.2 Å². The van der Waals surface area contributed by atoms with Crippen molar-refractivity contribution in [3.63, 3.8) is 0 Å². The number of hydrogen-bond acceptors (Lipinski definition) is 3. The summed E-state index contributed by atoms with van der Waals surface area (Å²) in [6.45, 7) is 6.02. The fraction of sp³-hybridized carbons (Fsp3) is 0.923. The molecule has 1 rings (SSSR count). The first kappa shape index (κ1) is 17.4. The molecule has 0 aromatic carbocycles. The van der Waals surface area contributed by atoms with Crippen LogP contribution in [-0.4, -0.2) is 54.3 Å². The zero-order chi connectivity index (χ0) is 15.6. The third kappa shape index (κ3) is 3.32. The van der Waals surface area contributed by atoms with Crippen LogP contribution in [0.3, 0.4) is 0 Å². The van der Waals surface area contributed by atoms with Crippen LogP contribution in [0.4, 0.5) is 0 Å². The summed E-state index contributed by atoms with van der Waals surface area (Å²) in [5.74, 6) is -0.883. The van der Waals surface area contributed by atoms with Crippen LogP contribution in [-0.2, 0) is 15.0 Å². The van der Waals surface area contributed by atoms with Gasteiger partial charge in [0.15, 0.2) is 0 Å². The van der Waals surface area contributed by atoms with Gasteiger partial charge in [0.2, 0.25) is 0 Å². The molecule has 1 fully saturated rings. The van der Waals surface area contributed by atoms with Gasteiger partial charge >= 0.3 is 5.97 Å². The van der Waals surface area contributed by atoms with Gasteiger partial charge in [-0.3, -0.25) is 4.79 Å². The van der Waals surface area contributed by atoms with E-state index >= 15 is 0 Å². The second-order valence-corrected chi connectivity index (χ2v) is 7.88. The van der Waals surface area contributed by atoms with E-state index in [-0.39, 0.29) is 12.6 Å². The Morgan fingerprint density at radius 2 is 2.05 bits per heavy atom. The first-order chi connectivity index (χ1) is 9.17. The van der Waals surface area contributed by atoms with Gasteiger partial charge in [0.1, 0.15) is 0 Å². The molecule has 20 heavy (non-hydrogen) atoms. The number of aliphatic carboxylic acids is 1. The van der Waals surface area contributed by atoms with E-state index in [0.29, 0.717) is 25.8 Å². The number of hydrogen-bond donors (Lipinski definition) is 1. The number of rotatable bonds is 6. The second kappa shape index (κ2) is 6.41. The topological polar surface area (TPSA) is 77.9 Å². The van der Waals surface area contributed by atoms with Gasteiger partial charge in [-0.2, -0.15) is 17.0 Å². The summed E-state index contributed by atoms with van der Waals surface area (Å²) in [5.41, 5.74) is -0.933. The van der Waals surface area contributed by atoms with Crippen LogP contribution in [0.5, 0.6) is 0 Å². The van der Waals surface area contributed by atoms with Crippen LogP contribution < -0.4 is 0 Å². The Hall–Kier alpha value is -0.660. The molecule has 0 amide bonds. The van der Waals surface area contributed by atoms with Crippen LogP contribution in [0.1, 0.15) is 46.5 Å². The van der Waals surface area contributed by atoms with E-state index in [0.717, 1.165) is 6.42 Å². The predicted octanol–water partition coefficient (Wildman–Crippen LogP) is 1.54. The minimum Gasteiger partial charge on any atom is -0.481 e. The van der Waals surface area contributed by atoms with E-state index in [2.05, 4.69) is 0 Å². The van der Waals surface area contributed by atoms with Gasteiger partial charge < -0.3 is 5.11 Å². The number of carboxylic acid groups (broad SMARTS) is 1. The van der Waals surface area contributed by atoms with Gasteiger partial charge in [-0.25, -0.2) is 0 Å². The third-order valence-electron chi connectivity index (χ3n) is 4.14. The molecule has 1 aliphatic heterocycles. The van der Waals surface area contributed by atoms with E-state index in [1.807, 2.05) is 6.92 Å². The van der Waals surface area contributed by atoms with E-state index in [9.17, 15) is 18.3 Å². The Kier molecular flexibility index (Phi) is 5.57. The molecule has 6 nitrogen and oxygen atoms in total. The van der Waals surface area contributed by atoms with Crippen LogP contribution in [0, 0.1) is 5.41 Å². The van der Waals surface area contributed by atoms with Gasteiger partial charge in [-0.1, -0.05) is 13.3 Å². The van der Waals surface area contributed by atoms with Gasteiger partial charge in [0.05, 0.1) is 5.41 Å². The predicted molar refractivity (Wildman–Crippen MR) is 77.6 cm³/mol. The van der Waals surface area contributed by atoms with Crippen molar-refractivity contribution in [3.8, 4) is 0 Å². The minimum atomic E-state index is -3.58. The summed E-state index contributed by atoms with van der Waals surface area (Å²) < 4.78 is 27.6. The van der Waals surface area contributed by atoms with Crippen molar-refractivity contribution in [1.82, 2.24) is 8.61 Å². The summed E-state index contributed by atoms with van der Waals surface area (Å²) in [6, 6.07) is -0.146. The highest BCUT2D eigenvalue weighted by Crippen LogP contribution is 2.36. The summed E-state index contributed by atoms with van der Waals surface area (Å²) in [5, 5.41) is 9.52. The van der Waals surface area contributed by atoms with E-state index < -0.39 is 21.6 Å². The molecule has 1 N–H and O–H groups in total. The molecular formula is C13H26N2O4S. The standard InChI is InChI=1S/C13H26N2O4S/c1-5-7-13(12(16)17)8-6-9-15(10-13)20(18,19)14(4)11(2)3/h11H,5-10H2,1-4H3,(H,16,17). The summed E-state index contributed by atoms with van der Waals surface area (Å²) in [7, 11) is -2.04. The normalized spacial score (nSPS) is 25.3. The van der Waals surface area contributed by atoms with Gasteiger partial charge in [0, 0.05) is 26.2 Å². The number of carbonyl (C=O) groups is 1. The van der Waals surface area contributed by atoms with Crippen LogP contribution in [0.2, 0.25) is 0 Å². The summed E-state index contributed by atoms with van der Waals surface area (Å²) in [4.78, 5) is 11.6. The molecule has 1 heterocycles. The van der Waals surface area contributed by atoms with Crippen LogP contribution >= 0.6 is 0 Å². The molecule has 0 bridgehead atoms. The zero-order valence-electron chi connectivity index (χ0n) is 12.8.